The zero-order valence-electron chi connectivity index (χ0n) is 15.5. The molecule has 1 N–H and O–H groups in total. The van der Waals surface area contributed by atoms with E-state index in [0.717, 1.165) is 25.1 Å². The SMILES string of the molecule is CCC(NC(=O)c1ccc(Cl)cc1)C1C2CC(n3cnc(C4CC4)n3)CC21. The fraction of sp³-hybridized carbons (Fsp3) is 0.571. The predicted molar refractivity (Wildman–Crippen MR) is 104 cm³/mol. The number of carbonyl (C=O) groups excluding carboxylic acids is 1. The number of nitrogens with one attached hydrogen (secondary N) is 1. The molecule has 142 valence electrons. The van der Waals surface area contributed by atoms with Gasteiger partial charge in [-0.05, 0) is 74.1 Å². The number of hydrogen-bond acceptors (Lipinski definition) is 3. The summed E-state index contributed by atoms with van der Waals surface area (Å²) in [6, 6.07) is 7.85. The summed E-state index contributed by atoms with van der Waals surface area (Å²) in [4.78, 5) is 17.1. The summed E-state index contributed by atoms with van der Waals surface area (Å²) in [6.45, 7) is 2.16. The maximum atomic E-state index is 12.6. The van der Waals surface area contributed by atoms with Gasteiger partial charge in [0.1, 0.15) is 6.33 Å². The molecular formula is C21H25ClN4O. The van der Waals surface area contributed by atoms with Gasteiger partial charge in [0.25, 0.3) is 5.91 Å². The van der Waals surface area contributed by atoms with Crippen LogP contribution in [0.25, 0.3) is 0 Å². The summed E-state index contributed by atoms with van der Waals surface area (Å²) in [5.74, 6) is 3.67. The Morgan fingerprint density at radius 1 is 1.26 bits per heavy atom. The number of halogens is 1. The molecule has 3 unspecified atom stereocenters. The lowest BCUT2D eigenvalue weighted by Gasteiger charge is -2.21. The van der Waals surface area contributed by atoms with Gasteiger partial charge < -0.3 is 5.32 Å². The molecule has 1 heterocycles. The van der Waals surface area contributed by atoms with Crippen molar-refractivity contribution < 1.29 is 4.79 Å². The molecule has 3 atom stereocenters. The van der Waals surface area contributed by atoms with Crippen molar-refractivity contribution in [3.8, 4) is 0 Å². The van der Waals surface area contributed by atoms with Crippen LogP contribution in [0.1, 0.15) is 67.2 Å². The van der Waals surface area contributed by atoms with E-state index in [1.165, 1.54) is 12.8 Å². The van der Waals surface area contributed by atoms with Gasteiger partial charge >= 0.3 is 0 Å². The molecule has 0 radical (unpaired) electrons. The number of amides is 1. The van der Waals surface area contributed by atoms with E-state index >= 15 is 0 Å². The fourth-order valence-corrected chi connectivity index (χ4v) is 5.12. The summed E-state index contributed by atoms with van der Waals surface area (Å²) in [5, 5.41) is 8.63. The van der Waals surface area contributed by atoms with Gasteiger partial charge in [-0.3, -0.25) is 4.79 Å². The second-order valence-electron chi connectivity index (χ2n) is 8.38. The molecule has 1 aromatic carbocycles. The van der Waals surface area contributed by atoms with Crippen LogP contribution in [0.3, 0.4) is 0 Å². The highest BCUT2D eigenvalue weighted by Gasteiger charge is 2.59. The first-order valence-electron chi connectivity index (χ1n) is 10.1. The largest absolute Gasteiger partial charge is 0.349 e. The third-order valence-electron chi connectivity index (χ3n) is 6.66. The minimum Gasteiger partial charge on any atom is -0.349 e. The first-order valence-corrected chi connectivity index (χ1v) is 10.5. The van der Waals surface area contributed by atoms with Crippen LogP contribution in [0.15, 0.2) is 30.6 Å². The van der Waals surface area contributed by atoms with Crippen molar-refractivity contribution in [1.82, 2.24) is 20.1 Å². The van der Waals surface area contributed by atoms with Gasteiger partial charge in [0.2, 0.25) is 0 Å². The molecule has 0 aliphatic heterocycles. The van der Waals surface area contributed by atoms with Crippen molar-refractivity contribution >= 4 is 17.5 Å². The van der Waals surface area contributed by atoms with Crippen LogP contribution in [0.4, 0.5) is 0 Å². The number of aromatic nitrogens is 3. The number of rotatable bonds is 6. The van der Waals surface area contributed by atoms with E-state index in [1.54, 1.807) is 24.3 Å². The second-order valence-corrected chi connectivity index (χ2v) is 8.82. The number of nitrogens with zero attached hydrogens (tertiary/aromatic N) is 3. The van der Waals surface area contributed by atoms with Gasteiger partial charge in [-0.15, -0.1) is 0 Å². The number of hydrogen-bond donors (Lipinski definition) is 1. The van der Waals surface area contributed by atoms with Gasteiger partial charge in [-0.2, -0.15) is 5.10 Å². The first-order chi connectivity index (χ1) is 13.1. The number of benzene rings is 1. The minimum absolute atomic E-state index is 0.00499. The van der Waals surface area contributed by atoms with Crippen LogP contribution in [0.2, 0.25) is 5.02 Å². The lowest BCUT2D eigenvalue weighted by atomic mass is 9.99. The Hall–Kier alpha value is -1.88. The molecule has 3 fully saturated rings. The summed E-state index contributed by atoms with van der Waals surface area (Å²) in [6.07, 6.45) is 7.71. The minimum atomic E-state index is 0.00499. The smallest absolute Gasteiger partial charge is 0.251 e. The maximum absolute atomic E-state index is 12.6. The van der Waals surface area contributed by atoms with Crippen LogP contribution >= 0.6 is 11.6 Å². The summed E-state index contributed by atoms with van der Waals surface area (Å²) in [5.41, 5.74) is 0.678. The second kappa shape index (κ2) is 6.62. The number of fused-ring (bicyclic) bond motifs is 1. The molecule has 3 aliphatic carbocycles. The normalized spacial score (nSPS) is 30.0. The fourth-order valence-electron chi connectivity index (χ4n) is 4.99. The Bertz CT molecular complexity index is 832. The molecule has 2 aromatic rings. The Kier molecular flexibility index (Phi) is 4.23. The van der Waals surface area contributed by atoms with E-state index in [9.17, 15) is 4.79 Å². The first kappa shape index (κ1) is 17.2. The lowest BCUT2D eigenvalue weighted by Crippen LogP contribution is -2.37. The molecule has 3 aliphatic rings. The summed E-state index contributed by atoms with van der Waals surface area (Å²) >= 11 is 5.92. The summed E-state index contributed by atoms with van der Waals surface area (Å²) < 4.78 is 2.10. The quantitative estimate of drug-likeness (QED) is 0.811. The van der Waals surface area contributed by atoms with Crippen LogP contribution < -0.4 is 5.32 Å². The van der Waals surface area contributed by atoms with Crippen LogP contribution in [-0.2, 0) is 0 Å². The highest BCUT2D eigenvalue weighted by Crippen LogP contribution is 2.62. The average Bonchev–Trinajstić information content (AvgIpc) is 3.53. The van der Waals surface area contributed by atoms with Crippen molar-refractivity contribution in [3.63, 3.8) is 0 Å². The molecule has 5 nitrogen and oxygen atoms in total. The van der Waals surface area contributed by atoms with Crippen molar-refractivity contribution in [1.29, 1.82) is 0 Å². The highest BCUT2D eigenvalue weighted by molar-refractivity contribution is 6.30. The molecule has 5 rings (SSSR count). The molecular weight excluding hydrogens is 360 g/mol. The van der Waals surface area contributed by atoms with Gasteiger partial charge in [-0.1, -0.05) is 18.5 Å². The third kappa shape index (κ3) is 3.27. The van der Waals surface area contributed by atoms with E-state index in [2.05, 4.69) is 21.9 Å². The van der Waals surface area contributed by atoms with E-state index in [0.29, 0.717) is 40.3 Å². The van der Waals surface area contributed by atoms with E-state index in [1.807, 2.05) is 6.33 Å². The van der Waals surface area contributed by atoms with Gasteiger partial charge in [-0.25, -0.2) is 9.67 Å². The topological polar surface area (TPSA) is 59.8 Å². The lowest BCUT2D eigenvalue weighted by molar-refractivity contribution is 0.0926. The monoisotopic (exact) mass is 384 g/mol. The Balaban J connectivity index is 1.19. The molecule has 0 spiro atoms. The highest BCUT2D eigenvalue weighted by atomic mass is 35.5. The molecule has 1 amide bonds. The van der Waals surface area contributed by atoms with Gasteiger partial charge in [0.15, 0.2) is 5.82 Å². The van der Waals surface area contributed by atoms with Crippen molar-refractivity contribution in [2.24, 2.45) is 17.8 Å². The Labute approximate surface area is 164 Å². The van der Waals surface area contributed by atoms with Crippen molar-refractivity contribution in [2.45, 2.75) is 57.0 Å². The molecule has 6 heteroatoms. The van der Waals surface area contributed by atoms with Crippen LogP contribution in [0, 0.1) is 17.8 Å². The zero-order chi connectivity index (χ0) is 18.5. The summed E-state index contributed by atoms with van der Waals surface area (Å²) in [7, 11) is 0. The van der Waals surface area contributed by atoms with E-state index in [4.69, 9.17) is 16.7 Å². The molecule has 27 heavy (non-hydrogen) atoms. The molecule has 3 saturated carbocycles. The predicted octanol–water partition coefficient (Wildman–Crippen LogP) is 4.21. The maximum Gasteiger partial charge on any atom is 0.251 e. The Morgan fingerprint density at radius 3 is 2.59 bits per heavy atom. The van der Waals surface area contributed by atoms with Crippen LogP contribution in [-0.4, -0.2) is 26.7 Å². The van der Waals surface area contributed by atoms with Gasteiger partial charge in [0.05, 0.1) is 6.04 Å². The average molecular weight is 385 g/mol. The van der Waals surface area contributed by atoms with Crippen LogP contribution in [0.5, 0.6) is 0 Å². The van der Waals surface area contributed by atoms with Crippen molar-refractivity contribution in [3.05, 3.63) is 47.0 Å². The molecule has 1 aromatic heterocycles. The molecule has 0 bridgehead atoms. The molecule has 0 saturated heterocycles. The third-order valence-corrected chi connectivity index (χ3v) is 6.91. The number of carbonyl (C=O) groups is 1. The van der Waals surface area contributed by atoms with Crippen molar-refractivity contribution in [2.75, 3.05) is 0 Å². The van der Waals surface area contributed by atoms with E-state index in [-0.39, 0.29) is 11.9 Å². The Morgan fingerprint density at radius 2 is 1.96 bits per heavy atom. The standard InChI is InChI=1S/C21H25ClN4O/c1-2-18(24-21(27)13-5-7-14(22)8-6-13)19-16-9-15(10-17(16)19)26-11-23-20(25-26)12-3-4-12/h5-8,11-12,15-19H,2-4,9-10H2,1H3,(H,24,27). The van der Waals surface area contributed by atoms with Gasteiger partial charge in [0, 0.05) is 22.5 Å². The zero-order valence-corrected chi connectivity index (χ0v) is 16.3. The van der Waals surface area contributed by atoms with E-state index < -0.39 is 0 Å².